The second-order valence-electron chi connectivity index (χ2n) is 10.6. The minimum atomic E-state index is -0.584. The number of Topliss-reactive ketones (excluding diaryl/α,β-unsaturated/α-hetero) is 1. The summed E-state index contributed by atoms with van der Waals surface area (Å²) in [7, 11) is 4.53. The van der Waals surface area contributed by atoms with E-state index < -0.39 is 12.1 Å². The highest BCUT2D eigenvalue weighted by Crippen LogP contribution is 2.12. The molecule has 2 atom stereocenters. The van der Waals surface area contributed by atoms with Gasteiger partial charge in [0.1, 0.15) is 17.9 Å². The third-order valence-electron chi connectivity index (χ3n) is 7.53. The van der Waals surface area contributed by atoms with E-state index in [4.69, 9.17) is 4.74 Å². The first kappa shape index (κ1) is 37.0. The number of carbonyl (C=O) groups excluding carboxylic acids is 6. The van der Waals surface area contributed by atoms with Gasteiger partial charge in [-0.25, -0.2) is 0 Å². The maximum atomic E-state index is 12.7. The standard InChI is InChI=1S/C29H52N6O7/c1-5-22(36)12-18-34(19-13-25(37)30-2)16-8-6-10-23-28(40)33-24(29(41)32-23)11-7-9-17-35(20-14-26(38)31-3)21-15-27(39)42-4/h23-24H,5-21H2,1-4H3,(H,30,37)(H,31,38)(H,32,41)(H,33,40). The number of rotatable bonds is 23. The Balaban J connectivity index is 2.43. The van der Waals surface area contributed by atoms with Crippen LogP contribution in [0.3, 0.4) is 0 Å². The minimum Gasteiger partial charge on any atom is -0.469 e. The first-order valence-electron chi connectivity index (χ1n) is 15.2. The maximum absolute atomic E-state index is 12.7. The van der Waals surface area contributed by atoms with Crippen LogP contribution in [-0.2, 0) is 33.5 Å². The molecule has 4 N–H and O–H groups in total. The number of amides is 4. The van der Waals surface area contributed by atoms with Crippen molar-refractivity contribution in [2.24, 2.45) is 0 Å². The molecule has 0 saturated carbocycles. The maximum Gasteiger partial charge on any atom is 0.306 e. The van der Waals surface area contributed by atoms with Crippen LogP contribution in [0.2, 0.25) is 0 Å². The number of carbonyl (C=O) groups is 6. The van der Waals surface area contributed by atoms with Gasteiger partial charge in [-0.1, -0.05) is 6.92 Å². The van der Waals surface area contributed by atoms with Crippen molar-refractivity contribution >= 4 is 35.4 Å². The normalized spacial score (nSPS) is 16.6. The minimum absolute atomic E-state index is 0.0464. The molecule has 0 aromatic rings. The summed E-state index contributed by atoms with van der Waals surface area (Å²) in [6.45, 7) is 5.37. The Hall–Kier alpha value is -3.06. The average Bonchev–Trinajstić information content (AvgIpc) is 2.99. The topological polar surface area (TPSA) is 166 Å². The van der Waals surface area contributed by atoms with E-state index in [1.807, 2.05) is 11.8 Å². The van der Waals surface area contributed by atoms with Crippen molar-refractivity contribution in [1.82, 2.24) is 31.1 Å². The number of ketones is 1. The molecule has 1 aliphatic heterocycles. The zero-order valence-electron chi connectivity index (χ0n) is 25.9. The van der Waals surface area contributed by atoms with Gasteiger partial charge in [0.2, 0.25) is 23.6 Å². The molecule has 1 fully saturated rings. The van der Waals surface area contributed by atoms with Gasteiger partial charge in [0, 0.05) is 66.0 Å². The van der Waals surface area contributed by atoms with Crippen molar-refractivity contribution in [2.75, 3.05) is 60.5 Å². The van der Waals surface area contributed by atoms with Crippen molar-refractivity contribution in [3.8, 4) is 0 Å². The van der Waals surface area contributed by atoms with Crippen LogP contribution in [0, 0.1) is 0 Å². The molecule has 0 aromatic carbocycles. The summed E-state index contributed by atoms with van der Waals surface area (Å²) in [6, 6.07) is -1.16. The lowest BCUT2D eigenvalue weighted by Crippen LogP contribution is -2.61. The zero-order valence-corrected chi connectivity index (χ0v) is 25.9. The number of esters is 1. The quantitative estimate of drug-likeness (QED) is 0.0946. The SMILES string of the molecule is CCC(=O)CCN(CCCCC1NC(=O)C(CCCCN(CCC(=O)NC)CCC(=O)OC)NC1=O)CCC(=O)NC. The molecule has 0 aliphatic carbocycles. The number of hydrogen-bond acceptors (Lipinski definition) is 9. The summed E-state index contributed by atoms with van der Waals surface area (Å²) < 4.78 is 4.71. The summed E-state index contributed by atoms with van der Waals surface area (Å²) in [4.78, 5) is 76.1. The molecule has 1 heterocycles. The Morgan fingerprint density at radius 2 is 1.12 bits per heavy atom. The predicted octanol–water partition coefficient (Wildman–Crippen LogP) is 0.119. The molecule has 1 aliphatic rings. The van der Waals surface area contributed by atoms with E-state index in [0.29, 0.717) is 84.2 Å². The number of methoxy groups -OCH3 is 1. The van der Waals surface area contributed by atoms with Crippen molar-refractivity contribution in [2.45, 2.75) is 89.6 Å². The highest BCUT2D eigenvalue weighted by molar-refractivity contribution is 5.96. The molecule has 2 unspecified atom stereocenters. The predicted molar refractivity (Wildman–Crippen MR) is 158 cm³/mol. The lowest BCUT2D eigenvalue weighted by Gasteiger charge is -2.30. The number of nitrogens with zero attached hydrogens (tertiary/aromatic N) is 2. The van der Waals surface area contributed by atoms with E-state index in [1.165, 1.54) is 7.11 Å². The number of hydrogen-bond donors (Lipinski definition) is 4. The van der Waals surface area contributed by atoms with Crippen LogP contribution in [0.5, 0.6) is 0 Å². The number of unbranched alkanes of at least 4 members (excludes halogenated alkanes) is 2. The Morgan fingerprint density at radius 3 is 1.52 bits per heavy atom. The van der Waals surface area contributed by atoms with Crippen LogP contribution in [-0.4, -0.2) is 118 Å². The highest BCUT2D eigenvalue weighted by Gasteiger charge is 2.32. The van der Waals surface area contributed by atoms with Gasteiger partial charge in [-0.05, 0) is 51.6 Å². The molecule has 0 aromatic heterocycles. The van der Waals surface area contributed by atoms with Gasteiger partial charge in [0.15, 0.2) is 0 Å². The average molecular weight is 597 g/mol. The number of piperazine rings is 1. The van der Waals surface area contributed by atoms with E-state index in [-0.39, 0.29) is 41.8 Å². The fraction of sp³-hybridized carbons (Fsp3) is 0.793. The molecule has 42 heavy (non-hydrogen) atoms. The first-order valence-corrected chi connectivity index (χ1v) is 15.2. The van der Waals surface area contributed by atoms with E-state index in [0.717, 1.165) is 19.3 Å². The van der Waals surface area contributed by atoms with Crippen molar-refractivity contribution < 1.29 is 33.5 Å². The second-order valence-corrected chi connectivity index (χ2v) is 10.6. The number of ether oxygens (including phenoxy) is 1. The van der Waals surface area contributed by atoms with E-state index in [1.54, 1.807) is 14.1 Å². The third-order valence-corrected chi connectivity index (χ3v) is 7.53. The number of nitrogens with one attached hydrogen (secondary N) is 4. The lowest BCUT2D eigenvalue weighted by atomic mass is 10.0. The molecule has 240 valence electrons. The van der Waals surface area contributed by atoms with Crippen LogP contribution < -0.4 is 21.3 Å². The molecular formula is C29H52N6O7. The van der Waals surface area contributed by atoms with Gasteiger partial charge in [-0.3, -0.25) is 28.8 Å². The molecule has 1 rings (SSSR count). The van der Waals surface area contributed by atoms with Crippen molar-refractivity contribution in [1.29, 1.82) is 0 Å². The molecule has 13 nitrogen and oxygen atoms in total. The zero-order chi connectivity index (χ0) is 31.3. The van der Waals surface area contributed by atoms with Gasteiger partial charge in [-0.15, -0.1) is 0 Å². The summed E-state index contributed by atoms with van der Waals surface area (Å²) in [5.74, 6) is -0.612. The van der Waals surface area contributed by atoms with Crippen molar-refractivity contribution in [3.63, 3.8) is 0 Å². The van der Waals surface area contributed by atoms with Crippen LogP contribution in [0.4, 0.5) is 0 Å². The molecule has 0 radical (unpaired) electrons. The largest absolute Gasteiger partial charge is 0.469 e. The molecule has 0 spiro atoms. The van der Waals surface area contributed by atoms with E-state index in [2.05, 4.69) is 26.2 Å². The Labute approximate surface area is 250 Å². The molecule has 0 bridgehead atoms. The highest BCUT2D eigenvalue weighted by atomic mass is 16.5. The smallest absolute Gasteiger partial charge is 0.306 e. The third kappa shape index (κ3) is 15.8. The Morgan fingerprint density at radius 1 is 0.690 bits per heavy atom. The summed E-state index contributed by atoms with van der Waals surface area (Å²) in [5, 5.41) is 10.9. The fourth-order valence-corrected chi connectivity index (χ4v) is 4.70. The van der Waals surface area contributed by atoms with Gasteiger partial charge < -0.3 is 35.8 Å². The van der Waals surface area contributed by atoms with Gasteiger partial charge in [-0.2, -0.15) is 0 Å². The summed E-state index contributed by atoms with van der Waals surface area (Å²) in [6.07, 6.45) is 5.84. The Bertz CT molecular complexity index is 775. The summed E-state index contributed by atoms with van der Waals surface area (Å²) in [5.41, 5.74) is 0. The molecule has 4 amide bonds. The summed E-state index contributed by atoms with van der Waals surface area (Å²) >= 11 is 0. The Kier molecular flexibility index (Phi) is 19.0. The van der Waals surface area contributed by atoms with E-state index in [9.17, 15) is 28.8 Å². The van der Waals surface area contributed by atoms with Crippen molar-refractivity contribution in [3.05, 3.63) is 0 Å². The van der Waals surface area contributed by atoms with Crippen LogP contribution in [0.15, 0.2) is 0 Å². The molecular weight excluding hydrogens is 544 g/mol. The lowest BCUT2D eigenvalue weighted by molar-refractivity contribution is -0.141. The van der Waals surface area contributed by atoms with Crippen LogP contribution >= 0.6 is 0 Å². The second kappa shape index (κ2) is 21.6. The van der Waals surface area contributed by atoms with Gasteiger partial charge in [0.05, 0.1) is 13.5 Å². The molecule has 1 saturated heterocycles. The monoisotopic (exact) mass is 596 g/mol. The van der Waals surface area contributed by atoms with Crippen LogP contribution in [0.25, 0.3) is 0 Å². The van der Waals surface area contributed by atoms with Gasteiger partial charge in [0.25, 0.3) is 0 Å². The van der Waals surface area contributed by atoms with Crippen LogP contribution in [0.1, 0.15) is 77.6 Å². The first-order chi connectivity index (χ1) is 20.1. The van der Waals surface area contributed by atoms with E-state index >= 15 is 0 Å². The van der Waals surface area contributed by atoms with Gasteiger partial charge >= 0.3 is 5.97 Å². The molecule has 13 heteroatoms. The fourth-order valence-electron chi connectivity index (χ4n) is 4.70.